The summed E-state index contributed by atoms with van der Waals surface area (Å²) in [5.41, 5.74) is -0.175. The molecule has 0 bridgehead atoms. The zero-order chi connectivity index (χ0) is 10.3. The van der Waals surface area contributed by atoms with E-state index in [1.54, 1.807) is 0 Å². The molecule has 2 aliphatic rings. The maximum absolute atomic E-state index is 11.9. The molecule has 0 N–H and O–H groups in total. The van der Waals surface area contributed by atoms with Gasteiger partial charge in [0.15, 0.2) is 0 Å². The Labute approximate surface area is 85.1 Å². The Morgan fingerprint density at radius 1 is 1.29 bits per heavy atom. The van der Waals surface area contributed by atoms with Crippen LogP contribution in [0.5, 0.6) is 0 Å². The molecule has 78 valence electrons. The lowest BCUT2D eigenvalue weighted by Gasteiger charge is -2.46. The fourth-order valence-corrected chi connectivity index (χ4v) is 3.25. The summed E-state index contributed by atoms with van der Waals surface area (Å²) in [5.74, 6) is 1.19. The van der Waals surface area contributed by atoms with Crippen LogP contribution >= 0.6 is 0 Å². The molecule has 2 rings (SSSR count). The first-order valence-corrected chi connectivity index (χ1v) is 5.62. The SMILES string of the molecule is C[C@H]1C(=O)CC[C@]2(C)C(=O)CCC[C@H]12. The summed E-state index contributed by atoms with van der Waals surface area (Å²) in [7, 11) is 0. The molecule has 2 heteroatoms. The molecule has 0 saturated heterocycles. The standard InChI is InChI=1S/C12H18O2/c1-8-9-4-3-5-11(14)12(9,2)7-6-10(8)13/h8-9H,3-7H2,1-2H3/t8-,9-,12+/m1/s1. The van der Waals surface area contributed by atoms with Crippen molar-refractivity contribution >= 4 is 11.6 Å². The predicted octanol–water partition coefficient (Wildman–Crippen LogP) is 2.36. The molecule has 3 atom stereocenters. The number of hydrogen-bond acceptors (Lipinski definition) is 2. The number of carbonyl (C=O) groups excluding carboxylic acids is 2. The maximum Gasteiger partial charge on any atom is 0.139 e. The molecule has 14 heavy (non-hydrogen) atoms. The summed E-state index contributed by atoms with van der Waals surface area (Å²) < 4.78 is 0. The Hall–Kier alpha value is -0.660. The maximum atomic E-state index is 11.9. The number of ketones is 2. The molecule has 2 nitrogen and oxygen atoms in total. The topological polar surface area (TPSA) is 34.1 Å². The van der Waals surface area contributed by atoms with Crippen LogP contribution in [0.3, 0.4) is 0 Å². The van der Waals surface area contributed by atoms with E-state index in [-0.39, 0.29) is 11.3 Å². The van der Waals surface area contributed by atoms with E-state index in [1.807, 2.05) is 6.92 Å². The van der Waals surface area contributed by atoms with Crippen molar-refractivity contribution < 1.29 is 9.59 Å². The Morgan fingerprint density at radius 3 is 2.71 bits per heavy atom. The van der Waals surface area contributed by atoms with Crippen molar-refractivity contribution in [2.45, 2.75) is 46.0 Å². The Balaban J connectivity index is 2.30. The highest BCUT2D eigenvalue weighted by Crippen LogP contribution is 2.49. The van der Waals surface area contributed by atoms with Crippen LogP contribution in [-0.2, 0) is 9.59 Å². The second-order valence-electron chi connectivity index (χ2n) is 5.09. The lowest BCUT2D eigenvalue weighted by atomic mass is 9.56. The Morgan fingerprint density at radius 2 is 2.00 bits per heavy atom. The largest absolute Gasteiger partial charge is 0.299 e. The van der Waals surface area contributed by atoms with E-state index in [1.165, 1.54) is 0 Å². The first-order chi connectivity index (χ1) is 6.55. The highest BCUT2D eigenvalue weighted by molar-refractivity contribution is 5.90. The minimum Gasteiger partial charge on any atom is -0.299 e. The van der Waals surface area contributed by atoms with Crippen molar-refractivity contribution in [2.75, 3.05) is 0 Å². The van der Waals surface area contributed by atoms with Crippen molar-refractivity contribution in [1.29, 1.82) is 0 Å². The summed E-state index contributed by atoms with van der Waals surface area (Å²) >= 11 is 0. The Kier molecular flexibility index (Phi) is 2.24. The van der Waals surface area contributed by atoms with Gasteiger partial charge in [-0.1, -0.05) is 13.8 Å². The zero-order valence-corrected chi connectivity index (χ0v) is 9.01. The van der Waals surface area contributed by atoms with Crippen LogP contribution in [-0.4, -0.2) is 11.6 Å². The molecule has 0 aliphatic heterocycles. The van der Waals surface area contributed by atoms with Gasteiger partial charge in [-0.05, 0) is 25.2 Å². The van der Waals surface area contributed by atoms with Crippen molar-refractivity contribution in [3.8, 4) is 0 Å². The highest BCUT2D eigenvalue weighted by Gasteiger charge is 2.49. The van der Waals surface area contributed by atoms with E-state index < -0.39 is 0 Å². The third-order valence-electron chi connectivity index (χ3n) is 4.38. The molecule has 0 aromatic carbocycles. The van der Waals surface area contributed by atoms with Crippen molar-refractivity contribution in [3.05, 3.63) is 0 Å². The molecule has 2 saturated carbocycles. The van der Waals surface area contributed by atoms with E-state index in [0.717, 1.165) is 25.7 Å². The lowest BCUT2D eigenvalue weighted by molar-refractivity contribution is -0.145. The number of hydrogen-bond donors (Lipinski definition) is 0. The number of fused-ring (bicyclic) bond motifs is 1. The third-order valence-corrected chi connectivity index (χ3v) is 4.38. The molecule has 0 aromatic heterocycles. The molecular weight excluding hydrogens is 176 g/mol. The predicted molar refractivity (Wildman–Crippen MR) is 53.9 cm³/mol. The fraction of sp³-hybridized carbons (Fsp3) is 0.833. The summed E-state index contributed by atoms with van der Waals surface area (Å²) in [4.78, 5) is 23.5. The van der Waals surface area contributed by atoms with Gasteiger partial charge in [0.25, 0.3) is 0 Å². The van der Waals surface area contributed by atoms with Gasteiger partial charge in [-0.2, -0.15) is 0 Å². The average molecular weight is 194 g/mol. The summed E-state index contributed by atoms with van der Waals surface area (Å²) in [5, 5.41) is 0. The molecule has 0 radical (unpaired) electrons. The van der Waals surface area contributed by atoms with E-state index in [2.05, 4.69) is 6.92 Å². The van der Waals surface area contributed by atoms with Gasteiger partial charge >= 0.3 is 0 Å². The summed E-state index contributed by atoms with van der Waals surface area (Å²) in [6.07, 6.45) is 4.18. The number of rotatable bonds is 0. The van der Waals surface area contributed by atoms with Crippen LogP contribution in [0.15, 0.2) is 0 Å². The van der Waals surface area contributed by atoms with Crippen LogP contribution in [0.2, 0.25) is 0 Å². The van der Waals surface area contributed by atoms with Gasteiger partial charge in [0.05, 0.1) is 0 Å². The minimum atomic E-state index is -0.175. The minimum absolute atomic E-state index is 0.109. The molecule has 0 amide bonds. The zero-order valence-electron chi connectivity index (χ0n) is 9.01. The van der Waals surface area contributed by atoms with E-state index in [4.69, 9.17) is 0 Å². The van der Waals surface area contributed by atoms with E-state index in [0.29, 0.717) is 23.9 Å². The van der Waals surface area contributed by atoms with Crippen LogP contribution < -0.4 is 0 Å². The van der Waals surface area contributed by atoms with Crippen LogP contribution in [0.25, 0.3) is 0 Å². The summed E-state index contributed by atoms with van der Waals surface area (Å²) in [6, 6.07) is 0. The molecule has 2 fully saturated rings. The monoisotopic (exact) mass is 194 g/mol. The van der Waals surface area contributed by atoms with E-state index >= 15 is 0 Å². The highest BCUT2D eigenvalue weighted by atomic mass is 16.1. The van der Waals surface area contributed by atoms with Crippen LogP contribution in [0, 0.1) is 17.3 Å². The quantitative estimate of drug-likeness (QED) is 0.593. The van der Waals surface area contributed by atoms with Gasteiger partial charge in [0.2, 0.25) is 0 Å². The molecule has 0 spiro atoms. The van der Waals surface area contributed by atoms with Crippen molar-refractivity contribution in [3.63, 3.8) is 0 Å². The number of carbonyl (C=O) groups is 2. The molecule has 2 aliphatic carbocycles. The first-order valence-electron chi connectivity index (χ1n) is 5.62. The van der Waals surface area contributed by atoms with Gasteiger partial charge < -0.3 is 0 Å². The van der Waals surface area contributed by atoms with Gasteiger partial charge in [-0.3, -0.25) is 9.59 Å². The average Bonchev–Trinajstić information content (AvgIpc) is 2.16. The molecule has 0 heterocycles. The normalized spacial score (nSPS) is 43.6. The molecule has 0 unspecified atom stereocenters. The van der Waals surface area contributed by atoms with Crippen molar-refractivity contribution in [2.24, 2.45) is 17.3 Å². The van der Waals surface area contributed by atoms with Crippen LogP contribution in [0.4, 0.5) is 0 Å². The molecule has 0 aromatic rings. The Bertz CT molecular complexity index is 282. The van der Waals surface area contributed by atoms with Gasteiger partial charge in [-0.15, -0.1) is 0 Å². The third kappa shape index (κ3) is 1.23. The van der Waals surface area contributed by atoms with E-state index in [9.17, 15) is 9.59 Å². The van der Waals surface area contributed by atoms with Crippen molar-refractivity contribution in [1.82, 2.24) is 0 Å². The second-order valence-corrected chi connectivity index (χ2v) is 5.09. The lowest BCUT2D eigenvalue weighted by Crippen LogP contribution is -2.48. The van der Waals surface area contributed by atoms with Gasteiger partial charge in [0, 0.05) is 24.2 Å². The smallest absolute Gasteiger partial charge is 0.139 e. The fourth-order valence-electron chi connectivity index (χ4n) is 3.25. The van der Waals surface area contributed by atoms with Crippen LogP contribution in [0.1, 0.15) is 46.0 Å². The summed E-state index contributed by atoms with van der Waals surface area (Å²) in [6.45, 7) is 4.07. The number of Topliss-reactive ketones (excluding diaryl/α,β-unsaturated/α-hetero) is 2. The second kappa shape index (κ2) is 3.18. The van der Waals surface area contributed by atoms with Gasteiger partial charge in [0.1, 0.15) is 11.6 Å². The first kappa shape index (κ1) is 9.88. The molecular formula is C12H18O2. The van der Waals surface area contributed by atoms with Gasteiger partial charge in [-0.25, -0.2) is 0 Å².